The average molecular weight is 238 g/mol. The van der Waals surface area contributed by atoms with E-state index in [1.807, 2.05) is 0 Å². The van der Waals surface area contributed by atoms with Crippen LogP contribution >= 0.6 is 0 Å². The first-order valence-corrected chi connectivity index (χ1v) is 7.41. The molecule has 2 atom stereocenters. The van der Waals surface area contributed by atoms with Gasteiger partial charge in [-0.1, -0.05) is 39.0 Å². The van der Waals surface area contributed by atoms with Crippen molar-refractivity contribution in [1.29, 1.82) is 0 Å². The van der Waals surface area contributed by atoms with E-state index in [0.717, 1.165) is 25.2 Å². The summed E-state index contributed by atoms with van der Waals surface area (Å²) in [7, 11) is 0. The van der Waals surface area contributed by atoms with E-state index in [9.17, 15) is 9.90 Å². The van der Waals surface area contributed by atoms with Gasteiger partial charge in [-0.2, -0.15) is 0 Å². The molecule has 0 heterocycles. The van der Waals surface area contributed by atoms with Gasteiger partial charge in [0.05, 0.1) is 5.92 Å². The predicted molar refractivity (Wildman–Crippen MR) is 68.8 cm³/mol. The van der Waals surface area contributed by atoms with Crippen LogP contribution in [0.3, 0.4) is 0 Å². The van der Waals surface area contributed by atoms with Gasteiger partial charge < -0.3 is 5.11 Å². The first-order chi connectivity index (χ1) is 8.18. The van der Waals surface area contributed by atoms with Gasteiger partial charge in [0.25, 0.3) is 0 Å². The van der Waals surface area contributed by atoms with Crippen molar-refractivity contribution in [3.8, 4) is 0 Å². The van der Waals surface area contributed by atoms with Crippen molar-refractivity contribution >= 4 is 5.97 Å². The quantitative estimate of drug-likeness (QED) is 0.736. The number of aliphatic carboxylic acids is 1. The lowest BCUT2D eigenvalue weighted by atomic mass is 9.70. The van der Waals surface area contributed by atoms with Crippen molar-refractivity contribution in [3.05, 3.63) is 0 Å². The molecule has 0 spiro atoms. The first-order valence-electron chi connectivity index (χ1n) is 7.41. The van der Waals surface area contributed by atoms with Crippen LogP contribution in [0.15, 0.2) is 0 Å². The summed E-state index contributed by atoms with van der Waals surface area (Å²) in [5.74, 6) is 1.46. The lowest BCUT2D eigenvalue weighted by molar-refractivity contribution is -0.145. The Kier molecular flexibility index (Phi) is 4.47. The second kappa shape index (κ2) is 5.88. The summed E-state index contributed by atoms with van der Waals surface area (Å²) in [5, 5.41) is 9.42. The third kappa shape index (κ3) is 3.23. The molecule has 2 fully saturated rings. The van der Waals surface area contributed by atoms with E-state index >= 15 is 0 Å². The van der Waals surface area contributed by atoms with Gasteiger partial charge in [-0.25, -0.2) is 0 Å². The summed E-state index contributed by atoms with van der Waals surface area (Å²) in [4.78, 5) is 11.4. The number of hydrogen-bond donors (Lipinski definition) is 1. The molecule has 0 aromatic carbocycles. The monoisotopic (exact) mass is 238 g/mol. The molecular weight excluding hydrogens is 212 g/mol. The minimum absolute atomic E-state index is 0.0455. The fourth-order valence-electron chi connectivity index (χ4n) is 3.92. The molecule has 0 bridgehead atoms. The summed E-state index contributed by atoms with van der Waals surface area (Å²) in [6, 6.07) is 0. The van der Waals surface area contributed by atoms with E-state index in [0.29, 0.717) is 11.8 Å². The zero-order valence-electron chi connectivity index (χ0n) is 11.0. The van der Waals surface area contributed by atoms with E-state index in [4.69, 9.17) is 0 Å². The number of carbonyl (C=O) groups is 1. The Bertz CT molecular complexity index is 254. The third-order valence-electron chi connectivity index (χ3n) is 5.05. The minimum Gasteiger partial charge on any atom is -0.481 e. The smallest absolute Gasteiger partial charge is 0.306 e. The molecule has 0 aromatic heterocycles. The summed E-state index contributed by atoms with van der Waals surface area (Å²) in [6.07, 6.45) is 10.9. The molecular formula is C15H26O2. The van der Waals surface area contributed by atoms with Gasteiger partial charge in [-0.05, 0) is 43.4 Å². The maximum Gasteiger partial charge on any atom is 0.306 e. The Balaban J connectivity index is 2.01. The van der Waals surface area contributed by atoms with Gasteiger partial charge >= 0.3 is 5.97 Å². The Morgan fingerprint density at radius 1 is 0.941 bits per heavy atom. The Morgan fingerprint density at radius 3 is 2.24 bits per heavy atom. The maximum absolute atomic E-state index is 11.4. The van der Waals surface area contributed by atoms with Crippen molar-refractivity contribution < 1.29 is 9.90 Å². The van der Waals surface area contributed by atoms with Crippen LogP contribution in [0, 0.1) is 23.7 Å². The number of rotatable bonds is 2. The fraction of sp³-hybridized carbons (Fsp3) is 0.933. The molecule has 2 unspecified atom stereocenters. The molecule has 98 valence electrons. The van der Waals surface area contributed by atoms with E-state index in [1.54, 1.807) is 0 Å². The van der Waals surface area contributed by atoms with E-state index in [2.05, 4.69) is 6.92 Å². The predicted octanol–water partition coefficient (Wildman–Crippen LogP) is 4.09. The number of carboxylic acid groups (broad SMARTS) is 1. The van der Waals surface area contributed by atoms with Gasteiger partial charge in [0.1, 0.15) is 0 Å². The van der Waals surface area contributed by atoms with Crippen molar-refractivity contribution in [1.82, 2.24) is 0 Å². The van der Waals surface area contributed by atoms with E-state index < -0.39 is 5.97 Å². The second-order valence-corrected chi connectivity index (χ2v) is 6.27. The van der Waals surface area contributed by atoms with E-state index in [-0.39, 0.29) is 5.92 Å². The number of carboxylic acids is 1. The molecule has 0 saturated heterocycles. The van der Waals surface area contributed by atoms with Gasteiger partial charge in [0.2, 0.25) is 0 Å². The van der Waals surface area contributed by atoms with Crippen molar-refractivity contribution in [2.75, 3.05) is 0 Å². The average Bonchev–Trinajstić information content (AvgIpc) is 2.55. The van der Waals surface area contributed by atoms with Crippen LogP contribution in [0.2, 0.25) is 0 Å². The molecule has 2 saturated carbocycles. The highest BCUT2D eigenvalue weighted by atomic mass is 16.4. The van der Waals surface area contributed by atoms with Crippen LogP contribution in [0.25, 0.3) is 0 Å². The second-order valence-electron chi connectivity index (χ2n) is 6.27. The van der Waals surface area contributed by atoms with E-state index in [1.165, 1.54) is 38.5 Å². The normalized spacial score (nSPS) is 39.6. The Hall–Kier alpha value is -0.530. The molecule has 0 radical (unpaired) electrons. The van der Waals surface area contributed by atoms with Crippen molar-refractivity contribution in [2.24, 2.45) is 23.7 Å². The van der Waals surface area contributed by atoms with Crippen molar-refractivity contribution in [2.45, 2.75) is 64.7 Å². The van der Waals surface area contributed by atoms with Crippen LogP contribution in [-0.2, 0) is 4.79 Å². The summed E-state index contributed by atoms with van der Waals surface area (Å²) < 4.78 is 0. The van der Waals surface area contributed by atoms with Crippen molar-refractivity contribution in [3.63, 3.8) is 0 Å². The number of hydrogen-bond acceptors (Lipinski definition) is 1. The van der Waals surface area contributed by atoms with Gasteiger partial charge in [0, 0.05) is 0 Å². The molecule has 2 nitrogen and oxygen atoms in total. The topological polar surface area (TPSA) is 37.3 Å². The lowest BCUT2D eigenvalue weighted by Gasteiger charge is -2.35. The van der Waals surface area contributed by atoms with Crippen LogP contribution in [0.5, 0.6) is 0 Å². The zero-order chi connectivity index (χ0) is 12.3. The molecule has 0 amide bonds. The molecule has 2 rings (SSSR count). The van der Waals surface area contributed by atoms with Gasteiger partial charge in [-0.15, -0.1) is 0 Å². The summed E-state index contributed by atoms with van der Waals surface area (Å²) in [6.45, 7) is 2.33. The first kappa shape index (κ1) is 12.9. The standard InChI is InChI=1S/C15H26O2/c1-11-7-9-12(10-8-11)13-5-3-2-4-6-14(13)15(16)17/h11-14H,2-10H2,1H3,(H,16,17). The highest BCUT2D eigenvalue weighted by Crippen LogP contribution is 2.41. The molecule has 2 aliphatic rings. The highest BCUT2D eigenvalue weighted by Gasteiger charge is 2.36. The van der Waals surface area contributed by atoms with Crippen LogP contribution < -0.4 is 0 Å². The molecule has 2 heteroatoms. The minimum atomic E-state index is -0.532. The maximum atomic E-state index is 11.4. The lowest BCUT2D eigenvalue weighted by Crippen LogP contribution is -2.31. The molecule has 0 aromatic rings. The Morgan fingerprint density at radius 2 is 1.59 bits per heavy atom. The Labute approximate surface area is 105 Å². The third-order valence-corrected chi connectivity index (χ3v) is 5.05. The molecule has 1 N–H and O–H groups in total. The molecule has 2 aliphatic carbocycles. The van der Waals surface area contributed by atoms with Crippen LogP contribution in [0.1, 0.15) is 64.7 Å². The molecule has 0 aliphatic heterocycles. The highest BCUT2D eigenvalue weighted by molar-refractivity contribution is 5.70. The molecule has 17 heavy (non-hydrogen) atoms. The zero-order valence-corrected chi connectivity index (χ0v) is 11.0. The summed E-state index contributed by atoms with van der Waals surface area (Å²) in [5.41, 5.74) is 0. The van der Waals surface area contributed by atoms with Crippen LogP contribution in [-0.4, -0.2) is 11.1 Å². The SMILES string of the molecule is CC1CCC(C2CCCCCC2C(=O)O)CC1. The fourth-order valence-corrected chi connectivity index (χ4v) is 3.92. The van der Waals surface area contributed by atoms with Gasteiger partial charge in [-0.3, -0.25) is 4.79 Å². The largest absolute Gasteiger partial charge is 0.481 e. The summed E-state index contributed by atoms with van der Waals surface area (Å²) >= 11 is 0. The van der Waals surface area contributed by atoms with Crippen LogP contribution in [0.4, 0.5) is 0 Å². The van der Waals surface area contributed by atoms with Gasteiger partial charge in [0.15, 0.2) is 0 Å².